The van der Waals surface area contributed by atoms with Crippen LogP contribution in [0.4, 0.5) is 0 Å². The predicted molar refractivity (Wildman–Crippen MR) is 74.6 cm³/mol. The highest BCUT2D eigenvalue weighted by Gasteiger charge is 2.02. The molecule has 0 spiro atoms. The lowest BCUT2D eigenvalue weighted by Crippen LogP contribution is -2.25. The average Bonchev–Trinajstić information content (AvgIpc) is 2.72. The Balaban J connectivity index is 2.05. The highest BCUT2D eigenvalue weighted by molar-refractivity contribution is 7.07. The first-order chi connectivity index (χ1) is 8.22. The van der Waals surface area contributed by atoms with Crippen molar-refractivity contribution in [3.63, 3.8) is 0 Å². The van der Waals surface area contributed by atoms with Crippen LogP contribution in [0.2, 0.25) is 0 Å². The van der Waals surface area contributed by atoms with Crippen LogP contribution in [0, 0.1) is 0 Å². The first-order valence-electron chi connectivity index (χ1n) is 6.62. The van der Waals surface area contributed by atoms with Gasteiger partial charge in [-0.25, -0.2) is 0 Å². The molecule has 0 radical (unpaired) electrons. The van der Waals surface area contributed by atoms with Gasteiger partial charge in [-0.05, 0) is 13.3 Å². The maximum atomic E-state index is 10.9. The molecule has 1 unspecified atom stereocenters. The molecular weight excluding hydrogens is 232 g/mol. The number of unbranched alkanes of at least 4 members (excludes halogenated alkanes) is 4. The van der Waals surface area contributed by atoms with Crippen LogP contribution in [-0.2, 0) is 6.54 Å². The molecular formula is C13H24N2OS. The molecule has 1 atom stereocenters. The number of hydrogen-bond acceptors (Lipinski definition) is 3. The van der Waals surface area contributed by atoms with Gasteiger partial charge in [-0.1, -0.05) is 50.4 Å². The van der Waals surface area contributed by atoms with Gasteiger partial charge in [0.25, 0.3) is 0 Å². The molecule has 4 heteroatoms. The van der Waals surface area contributed by atoms with Crippen molar-refractivity contribution in [1.82, 2.24) is 10.3 Å². The van der Waals surface area contributed by atoms with E-state index in [0.29, 0.717) is 6.04 Å². The van der Waals surface area contributed by atoms with Crippen molar-refractivity contribution in [2.45, 2.75) is 65.0 Å². The molecule has 2 N–H and O–H groups in total. The Bertz CT molecular complexity index is 345. The predicted octanol–water partition coefficient (Wildman–Crippen LogP) is 3.28. The summed E-state index contributed by atoms with van der Waals surface area (Å²) >= 11 is 1.23. The summed E-state index contributed by atoms with van der Waals surface area (Å²) < 4.78 is 0. The lowest BCUT2D eigenvalue weighted by atomic mass is 10.1. The van der Waals surface area contributed by atoms with Gasteiger partial charge >= 0.3 is 4.87 Å². The minimum absolute atomic E-state index is 0.0361. The smallest absolute Gasteiger partial charge is 0.304 e. The first-order valence-corrected chi connectivity index (χ1v) is 7.50. The minimum atomic E-state index is 0.0361. The Kier molecular flexibility index (Phi) is 7.21. The molecule has 1 aromatic heterocycles. The number of nitrogens with one attached hydrogen (secondary N) is 2. The normalized spacial score (nSPS) is 12.8. The Morgan fingerprint density at radius 1 is 1.35 bits per heavy atom. The van der Waals surface area contributed by atoms with E-state index in [2.05, 4.69) is 24.1 Å². The van der Waals surface area contributed by atoms with Gasteiger partial charge < -0.3 is 10.3 Å². The van der Waals surface area contributed by atoms with E-state index >= 15 is 0 Å². The highest BCUT2D eigenvalue weighted by Crippen LogP contribution is 2.07. The maximum absolute atomic E-state index is 10.9. The lowest BCUT2D eigenvalue weighted by Gasteiger charge is -2.12. The van der Waals surface area contributed by atoms with Crippen LogP contribution in [0.5, 0.6) is 0 Å². The minimum Gasteiger partial charge on any atom is -0.315 e. The van der Waals surface area contributed by atoms with Gasteiger partial charge in [-0.3, -0.25) is 4.79 Å². The number of thiazole rings is 1. The molecule has 1 aromatic rings. The molecule has 0 saturated carbocycles. The number of rotatable bonds is 9. The molecule has 0 aliphatic heterocycles. The topological polar surface area (TPSA) is 44.9 Å². The largest absolute Gasteiger partial charge is 0.315 e. The van der Waals surface area contributed by atoms with Crippen LogP contribution in [0.1, 0.15) is 58.1 Å². The number of H-pyrrole nitrogens is 1. The number of aromatic nitrogens is 1. The molecule has 0 saturated heterocycles. The molecule has 0 bridgehead atoms. The van der Waals surface area contributed by atoms with Crippen molar-refractivity contribution < 1.29 is 0 Å². The number of aromatic amines is 1. The van der Waals surface area contributed by atoms with E-state index in [-0.39, 0.29) is 4.87 Å². The van der Waals surface area contributed by atoms with Crippen molar-refractivity contribution in [2.24, 2.45) is 0 Å². The molecule has 98 valence electrons. The summed E-state index contributed by atoms with van der Waals surface area (Å²) in [5.74, 6) is 0. The van der Waals surface area contributed by atoms with E-state index in [4.69, 9.17) is 0 Å². The third-order valence-corrected chi connectivity index (χ3v) is 3.67. The molecule has 17 heavy (non-hydrogen) atoms. The van der Waals surface area contributed by atoms with Crippen molar-refractivity contribution in [1.29, 1.82) is 0 Å². The molecule has 0 aromatic carbocycles. The fourth-order valence-electron chi connectivity index (χ4n) is 1.84. The van der Waals surface area contributed by atoms with Crippen LogP contribution >= 0.6 is 11.3 Å². The molecule has 0 fully saturated rings. The van der Waals surface area contributed by atoms with Gasteiger partial charge in [0.15, 0.2) is 0 Å². The van der Waals surface area contributed by atoms with E-state index in [1.807, 2.05) is 5.38 Å². The first kappa shape index (κ1) is 14.5. The summed E-state index contributed by atoms with van der Waals surface area (Å²) in [7, 11) is 0. The molecule has 1 heterocycles. The van der Waals surface area contributed by atoms with Crippen molar-refractivity contribution in [2.75, 3.05) is 0 Å². The summed E-state index contributed by atoms with van der Waals surface area (Å²) in [5, 5.41) is 5.33. The average molecular weight is 256 g/mol. The summed E-state index contributed by atoms with van der Waals surface area (Å²) in [4.78, 5) is 13.8. The van der Waals surface area contributed by atoms with Crippen LogP contribution in [0.25, 0.3) is 0 Å². The van der Waals surface area contributed by atoms with Gasteiger partial charge in [-0.2, -0.15) is 0 Å². The zero-order valence-corrected chi connectivity index (χ0v) is 11.7. The van der Waals surface area contributed by atoms with Gasteiger partial charge in [0.1, 0.15) is 0 Å². The van der Waals surface area contributed by atoms with E-state index in [1.54, 1.807) is 0 Å². The standard InChI is InChI=1S/C13H24N2OS/c1-3-4-5-6-7-8-11(2)14-9-12-10-17-13(16)15-12/h10-11,14H,3-9H2,1-2H3,(H,15,16). The van der Waals surface area contributed by atoms with E-state index in [1.165, 1.54) is 49.9 Å². The fraction of sp³-hybridized carbons (Fsp3) is 0.769. The zero-order chi connectivity index (χ0) is 12.5. The van der Waals surface area contributed by atoms with E-state index in [9.17, 15) is 4.79 Å². The highest BCUT2D eigenvalue weighted by atomic mass is 32.1. The summed E-state index contributed by atoms with van der Waals surface area (Å²) in [6.45, 7) is 5.23. The van der Waals surface area contributed by atoms with E-state index in [0.717, 1.165) is 12.2 Å². The van der Waals surface area contributed by atoms with Gasteiger partial charge in [0.05, 0.1) is 0 Å². The van der Waals surface area contributed by atoms with Crippen molar-refractivity contribution in [3.05, 3.63) is 20.7 Å². The van der Waals surface area contributed by atoms with Crippen LogP contribution in [-0.4, -0.2) is 11.0 Å². The van der Waals surface area contributed by atoms with Crippen molar-refractivity contribution >= 4 is 11.3 Å². The van der Waals surface area contributed by atoms with Crippen LogP contribution in [0.15, 0.2) is 10.2 Å². The van der Waals surface area contributed by atoms with E-state index < -0.39 is 0 Å². The molecule has 0 amide bonds. The fourth-order valence-corrected chi connectivity index (χ4v) is 2.42. The van der Waals surface area contributed by atoms with Crippen LogP contribution < -0.4 is 10.2 Å². The number of hydrogen-bond donors (Lipinski definition) is 2. The lowest BCUT2D eigenvalue weighted by molar-refractivity contribution is 0.477. The second-order valence-corrected chi connectivity index (χ2v) is 5.50. The van der Waals surface area contributed by atoms with Gasteiger partial charge in [0, 0.05) is 23.7 Å². The monoisotopic (exact) mass is 256 g/mol. The van der Waals surface area contributed by atoms with Gasteiger partial charge in [-0.15, -0.1) is 0 Å². The molecule has 0 aliphatic rings. The van der Waals surface area contributed by atoms with Crippen LogP contribution in [0.3, 0.4) is 0 Å². The molecule has 0 aliphatic carbocycles. The Hall–Kier alpha value is -0.610. The summed E-state index contributed by atoms with van der Waals surface area (Å²) in [6, 6.07) is 0.528. The second kappa shape index (κ2) is 8.48. The third-order valence-electron chi connectivity index (χ3n) is 2.95. The Morgan fingerprint density at radius 3 is 2.76 bits per heavy atom. The quantitative estimate of drug-likeness (QED) is 0.666. The third kappa shape index (κ3) is 6.64. The Labute approximate surface area is 108 Å². The summed E-state index contributed by atoms with van der Waals surface area (Å²) in [6.07, 6.45) is 7.89. The SMILES string of the molecule is CCCCCCCC(C)NCc1csc(=O)[nH]1. The zero-order valence-electron chi connectivity index (χ0n) is 10.9. The maximum Gasteiger partial charge on any atom is 0.304 e. The van der Waals surface area contributed by atoms with Gasteiger partial charge in [0.2, 0.25) is 0 Å². The molecule has 3 nitrogen and oxygen atoms in total. The Morgan fingerprint density at radius 2 is 2.12 bits per heavy atom. The summed E-state index contributed by atoms with van der Waals surface area (Å²) in [5.41, 5.74) is 0.998. The molecule has 1 rings (SSSR count). The van der Waals surface area contributed by atoms with Crippen molar-refractivity contribution in [3.8, 4) is 0 Å². The second-order valence-electron chi connectivity index (χ2n) is 4.66.